The van der Waals surface area contributed by atoms with Crippen LogP contribution in [0.15, 0.2) is 0 Å². The van der Waals surface area contributed by atoms with Crippen LogP contribution in [0.1, 0.15) is 70.6 Å². The summed E-state index contributed by atoms with van der Waals surface area (Å²) >= 11 is 0. The van der Waals surface area contributed by atoms with E-state index in [0.29, 0.717) is 24.3 Å². The summed E-state index contributed by atoms with van der Waals surface area (Å²) in [6.07, 6.45) is 13.6. The third-order valence-electron chi connectivity index (χ3n) is 8.19. The Labute approximate surface area is 150 Å². The van der Waals surface area contributed by atoms with Crippen molar-refractivity contribution < 1.29 is 14.3 Å². The second-order valence-electron chi connectivity index (χ2n) is 10.0. The molecule has 1 atom stereocenters. The quantitative estimate of drug-likeness (QED) is 0.719. The van der Waals surface area contributed by atoms with Crippen LogP contribution in [0.2, 0.25) is 0 Å². The fourth-order valence-corrected chi connectivity index (χ4v) is 6.79. The Morgan fingerprint density at radius 2 is 1.72 bits per heavy atom. The SMILES string of the molecule is O=C1CC2(CO1)CC(C(=O)N1CC3(CCC(C4CCCCC4)C3)C1)C2. The van der Waals surface area contributed by atoms with Gasteiger partial charge in [-0.05, 0) is 43.9 Å². The molecule has 2 aliphatic heterocycles. The number of carbonyl (C=O) groups is 2. The molecule has 0 N–H and O–H groups in total. The summed E-state index contributed by atoms with van der Waals surface area (Å²) in [6.45, 7) is 2.56. The molecule has 4 nitrogen and oxygen atoms in total. The van der Waals surface area contributed by atoms with Crippen LogP contribution in [0.5, 0.6) is 0 Å². The fourth-order valence-electron chi connectivity index (χ4n) is 6.79. The van der Waals surface area contributed by atoms with Crippen LogP contribution in [-0.2, 0) is 14.3 Å². The zero-order valence-corrected chi connectivity index (χ0v) is 15.3. The van der Waals surface area contributed by atoms with Crippen molar-refractivity contribution in [3.63, 3.8) is 0 Å². The lowest BCUT2D eigenvalue weighted by Crippen LogP contribution is -2.60. The Kier molecular flexibility index (Phi) is 3.69. The molecule has 138 valence electrons. The molecule has 25 heavy (non-hydrogen) atoms. The molecule has 5 fully saturated rings. The first-order valence-corrected chi connectivity index (χ1v) is 10.5. The summed E-state index contributed by atoms with van der Waals surface area (Å²) < 4.78 is 5.12. The molecule has 2 heterocycles. The van der Waals surface area contributed by atoms with E-state index in [4.69, 9.17) is 4.74 Å². The average Bonchev–Trinajstić information content (AvgIpc) is 3.17. The van der Waals surface area contributed by atoms with Gasteiger partial charge >= 0.3 is 5.97 Å². The lowest BCUT2D eigenvalue weighted by molar-refractivity contribution is -0.156. The average molecular weight is 345 g/mol. The predicted molar refractivity (Wildman–Crippen MR) is 93.7 cm³/mol. The topological polar surface area (TPSA) is 46.6 Å². The highest BCUT2D eigenvalue weighted by molar-refractivity contribution is 5.82. The van der Waals surface area contributed by atoms with E-state index in [0.717, 1.165) is 37.8 Å². The van der Waals surface area contributed by atoms with Crippen LogP contribution in [0.25, 0.3) is 0 Å². The van der Waals surface area contributed by atoms with Gasteiger partial charge in [-0.3, -0.25) is 9.59 Å². The highest BCUT2D eigenvalue weighted by atomic mass is 16.5. The van der Waals surface area contributed by atoms with Gasteiger partial charge in [0.1, 0.15) is 0 Å². The molecule has 1 unspecified atom stereocenters. The molecule has 2 spiro atoms. The summed E-state index contributed by atoms with van der Waals surface area (Å²) in [7, 11) is 0. The van der Waals surface area contributed by atoms with Crippen molar-refractivity contribution in [2.75, 3.05) is 19.7 Å². The largest absolute Gasteiger partial charge is 0.465 e. The van der Waals surface area contributed by atoms with Crippen LogP contribution in [-0.4, -0.2) is 36.5 Å². The molecule has 3 aliphatic carbocycles. The van der Waals surface area contributed by atoms with E-state index < -0.39 is 0 Å². The number of ether oxygens (including phenoxy) is 1. The minimum Gasteiger partial charge on any atom is -0.465 e. The highest BCUT2D eigenvalue weighted by Gasteiger charge is 2.56. The molecule has 0 aromatic rings. The van der Waals surface area contributed by atoms with E-state index in [9.17, 15) is 9.59 Å². The van der Waals surface area contributed by atoms with E-state index >= 15 is 0 Å². The number of esters is 1. The monoisotopic (exact) mass is 345 g/mol. The lowest BCUT2D eigenvalue weighted by Gasteiger charge is -2.52. The normalized spacial score (nSPS) is 40.2. The minimum absolute atomic E-state index is 0.0133. The van der Waals surface area contributed by atoms with Gasteiger partial charge in [-0.25, -0.2) is 0 Å². The van der Waals surface area contributed by atoms with Crippen LogP contribution in [0.3, 0.4) is 0 Å². The lowest BCUT2D eigenvalue weighted by atomic mass is 9.60. The van der Waals surface area contributed by atoms with Crippen LogP contribution >= 0.6 is 0 Å². The molecule has 0 bridgehead atoms. The molecule has 2 saturated heterocycles. The number of nitrogens with zero attached hydrogens (tertiary/aromatic N) is 1. The first-order chi connectivity index (χ1) is 12.1. The maximum Gasteiger partial charge on any atom is 0.306 e. The maximum atomic E-state index is 12.8. The first kappa shape index (κ1) is 16.1. The Morgan fingerprint density at radius 1 is 0.960 bits per heavy atom. The number of hydrogen-bond acceptors (Lipinski definition) is 3. The summed E-state index contributed by atoms with van der Waals surface area (Å²) in [4.78, 5) is 26.2. The van der Waals surface area contributed by atoms with Gasteiger partial charge in [0.25, 0.3) is 0 Å². The third-order valence-corrected chi connectivity index (χ3v) is 8.19. The number of cyclic esters (lactones) is 1. The Morgan fingerprint density at radius 3 is 2.40 bits per heavy atom. The number of hydrogen-bond donors (Lipinski definition) is 0. The number of likely N-dealkylation sites (tertiary alicyclic amines) is 1. The van der Waals surface area contributed by atoms with Crippen molar-refractivity contribution in [1.82, 2.24) is 4.90 Å². The molecule has 3 saturated carbocycles. The molecule has 1 amide bonds. The van der Waals surface area contributed by atoms with Crippen molar-refractivity contribution in [3.8, 4) is 0 Å². The highest BCUT2D eigenvalue weighted by Crippen LogP contribution is 2.55. The number of amides is 1. The van der Waals surface area contributed by atoms with E-state index in [2.05, 4.69) is 4.90 Å². The second-order valence-corrected chi connectivity index (χ2v) is 10.0. The Balaban J connectivity index is 1.11. The van der Waals surface area contributed by atoms with Gasteiger partial charge in [-0.1, -0.05) is 32.1 Å². The minimum atomic E-state index is -0.0755. The molecule has 4 heteroatoms. The predicted octanol–water partition coefficient (Wildman–Crippen LogP) is 3.54. The van der Waals surface area contributed by atoms with Crippen molar-refractivity contribution in [1.29, 1.82) is 0 Å². The van der Waals surface area contributed by atoms with Crippen LogP contribution in [0.4, 0.5) is 0 Å². The molecular formula is C21H31NO3. The number of carbonyl (C=O) groups excluding carboxylic acids is 2. The molecule has 0 aromatic carbocycles. The second kappa shape index (κ2) is 5.72. The van der Waals surface area contributed by atoms with E-state index in [-0.39, 0.29) is 17.3 Å². The Hall–Kier alpha value is -1.06. The molecule has 5 aliphatic rings. The summed E-state index contributed by atoms with van der Waals surface area (Å²) in [5.74, 6) is 2.35. The first-order valence-electron chi connectivity index (χ1n) is 10.5. The Bertz CT molecular complexity index is 568. The van der Waals surface area contributed by atoms with Gasteiger partial charge in [0.2, 0.25) is 5.91 Å². The van der Waals surface area contributed by atoms with Crippen molar-refractivity contribution >= 4 is 11.9 Å². The molecule has 0 aromatic heterocycles. The maximum absolute atomic E-state index is 12.8. The van der Waals surface area contributed by atoms with Gasteiger partial charge < -0.3 is 9.64 Å². The van der Waals surface area contributed by atoms with E-state index in [1.165, 1.54) is 51.4 Å². The standard InChI is InChI=1S/C21H31NO3/c23-18-11-21(14-25-18)9-17(10-21)19(24)22-12-20(13-22)7-6-16(8-20)15-4-2-1-3-5-15/h15-17H,1-14H2. The van der Waals surface area contributed by atoms with Crippen LogP contribution in [0, 0.1) is 28.6 Å². The molecule has 0 radical (unpaired) electrons. The summed E-state index contributed by atoms with van der Waals surface area (Å²) in [5, 5.41) is 0. The molecular weight excluding hydrogens is 314 g/mol. The van der Waals surface area contributed by atoms with Crippen LogP contribution < -0.4 is 0 Å². The zero-order valence-electron chi connectivity index (χ0n) is 15.3. The van der Waals surface area contributed by atoms with Crippen molar-refractivity contribution in [3.05, 3.63) is 0 Å². The zero-order chi connectivity index (χ0) is 17.1. The van der Waals surface area contributed by atoms with Gasteiger partial charge in [-0.2, -0.15) is 0 Å². The van der Waals surface area contributed by atoms with E-state index in [1.54, 1.807) is 0 Å². The summed E-state index contributed by atoms with van der Waals surface area (Å²) in [6, 6.07) is 0. The van der Waals surface area contributed by atoms with Gasteiger partial charge in [0, 0.05) is 29.8 Å². The van der Waals surface area contributed by atoms with Crippen molar-refractivity contribution in [2.24, 2.45) is 28.6 Å². The van der Waals surface area contributed by atoms with E-state index in [1.807, 2.05) is 0 Å². The number of rotatable bonds is 2. The third kappa shape index (κ3) is 2.71. The van der Waals surface area contributed by atoms with Gasteiger partial charge in [-0.15, -0.1) is 0 Å². The fraction of sp³-hybridized carbons (Fsp3) is 0.905. The summed E-state index contributed by atoms with van der Waals surface area (Å²) in [5.41, 5.74) is 0.477. The molecule has 5 rings (SSSR count). The van der Waals surface area contributed by atoms with Gasteiger partial charge in [0.15, 0.2) is 0 Å². The smallest absolute Gasteiger partial charge is 0.306 e. The van der Waals surface area contributed by atoms with Crippen molar-refractivity contribution in [2.45, 2.75) is 70.6 Å². The van der Waals surface area contributed by atoms with Gasteiger partial charge in [0.05, 0.1) is 13.0 Å².